The van der Waals surface area contributed by atoms with Gasteiger partial charge in [0, 0.05) is 16.7 Å². The van der Waals surface area contributed by atoms with Crippen molar-refractivity contribution in [1.29, 1.82) is 0 Å². The number of halogens is 2. The molecule has 0 N–H and O–H groups in total. The maximum absolute atomic E-state index is 13.3. The third kappa shape index (κ3) is 4.37. The third-order valence-corrected chi connectivity index (χ3v) is 6.50. The number of nitrogens with zero attached hydrogens (tertiary/aromatic N) is 3. The lowest BCUT2D eigenvalue weighted by Crippen LogP contribution is -2.37. The Morgan fingerprint density at radius 3 is 2.63 bits per heavy atom. The Balaban J connectivity index is 2.08. The monoisotopic (exact) mass is 515 g/mol. The molecule has 0 unspecified atom stereocenters. The highest BCUT2D eigenvalue weighted by atomic mass is 127. The minimum Gasteiger partial charge on any atom is -0.494 e. The predicted octanol–water partition coefficient (Wildman–Crippen LogP) is 4.77. The molecular formula is C19H19ClIN3O2S. The number of carbonyl (C=O) groups is 1. The maximum atomic E-state index is 13.3. The van der Waals surface area contributed by atoms with Gasteiger partial charge in [0.1, 0.15) is 11.3 Å². The molecule has 8 heteroatoms. The number of aromatic nitrogens is 1. The zero-order chi connectivity index (χ0) is 19.6. The second kappa shape index (κ2) is 8.72. The predicted molar refractivity (Wildman–Crippen MR) is 121 cm³/mol. The minimum absolute atomic E-state index is 0.0732. The number of hydrogen-bond donors (Lipinski definition) is 0. The Morgan fingerprint density at radius 1 is 1.22 bits per heavy atom. The topological polar surface area (TPSA) is 45.7 Å². The molecule has 5 nitrogen and oxygen atoms in total. The second-order valence-electron chi connectivity index (χ2n) is 6.16. The number of thiazole rings is 1. The molecule has 1 amide bonds. The molecule has 0 aliphatic carbocycles. The van der Waals surface area contributed by atoms with Gasteiger partial charge < -0.3 is 9.64 Å². The molecule has 3 rings (SSSR count). The molecule has 0 aliphatic rings. The highest BCUT2D eigenvalue weighted by molar-refractivity contribution is 14.1. The van der Waals surface area contributed by atoms with E-state index in [9.17, 15) is 4.79 Å². The van der Waals surface area contributed by atoms with Gasteiger partial charge in [-0.25, -0.2) is 4.98 Å². The molecule has 2 aromatic carbocycles. The van der Waals surface area contributed by atoms with Crippen molar-refractivity contribution in [2.24, 2.45) is 0 Å². The molecule has 27 heavy (non-hydrogen) atoms. The van der Waals surface area contributed by atoms with Crippen molar-refractivity contribution in [3.8, 4) is 5.75 Å². The molecule has 0 bridgehead atoms. The number of benzene rings is 2. The van der Waals surface area contributed by atoms with E-state index in [0.29, 0.717) is 33.5 Å². The van der Waals surface area contributed by atoms with Crippen LogP contribution in [-0.2, 0) is 0 Å². The summed E-state index contributed by atoms with van der Waals surface area (Å²) in [5.74, 6) is 0.571. The molecule has 0 saturated carbocycles. The van der Waals surface area contributed by atoms with Crippen molar-refractivity contribution in [3.63, 3.8) is 0 Å². The first-order chi connectivity index (χ1) is 12.9. The molecule has 0 spiro atoms. The van der Waals surface area contributed by atoms with Crippen LogP contribution >= 0.6 is 45.5 Å². The first kappa shape index (κ1) is 20.3. The smallest absolute Gasteiger partial charge is 0.261 e. The average molecular weight is 516 g/mol. The summed E-state index contributed by atoms with van der Waals surface area (Å²) in [5.41, 5.74) is 1.34. The van der Waals surface area contributed by atoms with Crippen LogP contribution in [0, 0.1) is 3.57 Å². The van der Waals surface area contributed by atoms with E-state index in [0.717, 1.165) is 14.8 Å². The van der Waals surface area contributed by atoms with Gasteiger partial charge in [-0.05, 0) is 61.0 Å². The maximum Gasteiger partial charge on any atom is 0.261 e. The van der Waals surface area contributed by atoms with E-state index in [4.69, 9.17) is 21.3 Å². The number of carbonyl (C=O) groups excluding carboxylic acids is 1. The van der Waals surface area contributed by atoms with Crippen LogP contribution in [0.4, 0.5) is 5.13 Å². The molecule has 0 fully saturated rings. The Bertz CT molecular complexity index is 977. The van der Waals surface area contributed by atoms with Crippen LogP contribution in [0.2, 0.25) is 5.02 Å². The first-order valence-corrected chi connectivity index (χ1v) is 10.5. The zero-order valence-electron chi connectivity index (χ0n) is 15.2. The summed E-state index contributed by atoms with van der Waals surface area (Å²) in [6.45, 7) is 1.24. The summed E-state index contributed by atoms with van der Waals surface area (Å²) >= 11 is 9.94. The van der Waals surface area contributed by atoms with E-state index in [1.807, 2.05) is 43.3 Å². The fraction of sp³-hybridized carbons (Fsp3) is 0.263. The Labute approximate surface area is 181 Å². The molecule has 3 aromatic rings. The first-order valence-electron chi connectivity index (χ1n) is 8.26. The number of rotatable bonds is 6. The van der Waals surface area contributed by atoms with Gasteiger partial charge in [0.05, 0.1) is 22.4 Å². The van der Waals surface area contributed by atoms with Gasteiger partial charge in [-0.1, -0.05) is 35.1 Å². The number of fused-ring (bicyclic) bond motifs is 1. The van der Waals surface area contributed by atoms with Crippen molar-refractivity contribution in [3.05, 3.63) is 50.6 Å². The zero-order valence-corrected chi connectivity index (χ0v) is 18.9. The normalized spacial score (nSPS) is 11.2. The standard InChI is InChI=1S/C19H19ClIN3O2S/c1-23(2)10-11-24(18(25)12-6-4-5-7-14(12)21)19-22-16-15(26-3)9-8-13(20)17(16)27-19/h4-9H,10-11H2,1-3H3. The Morgan fingerprint density at radius 2 is 1.96 bits per heavy atom. The van der Waals surface area contributed by atoms with E-state index in [1.165, 1.54) is 11.3 Å². The van der Waals surface area contributed by atoms with Gasteiger partial charge in [-0.3, -0.25) is 9.69 Å². The molecule has 142 valence electrons. The van der Waals surface area contributed by atoms with Gasteiger partial charge in [0.15, 0.2) is 5.13 Å². The fourth-order valence-electron chi connectivity index (χ4n) is 2.59. The van der Waals surface area contributed by atoms with Crippen LogP contribution in [0.5, 0.6) is 5.75 Å². The van der Waals surface area contributed by atoms with Crippen LogP contribution in [0.3, 0.4) is 0 Å². The van der Waals surface area contributed by atoms with E-state index in [-0.39, 0.29) is 5.91 Å². The van der Waals surface area contributed by atoms with Crippen molar-refractivity contribution >= 4 is 66.8 Å². The highest BCUT2D eigenvalue weighted by Gasteiger charge is 2.24. The lowest BCUT2D eigenvalue weighted by molar-refractivity contribution is 0.0984. The summed E-state index contributed by atoms with van der Waals surface area (Å²) in [5, 5.41) is 1.21. The van der Waals surface area contributed by atoms with E-state index in [1.54, 1.807) is 24.1 Å². The number of anilines is 1. The SMILES string of the molecule is COc1ccc(Cl)c2sc(N(CCN(C)C)C(=O)c3ccccc3I)nc12. The summed E-state index contributed by atoms with van der Waals surface area (Å²) in [6.07, 6.45) is 0. The third-order valence-electron chi connectivity index (χ3n) is 4.02. The van der Waals surface area contributed by atoms with Crippen LogP contribution in [0.15, 0.2) is 36.4 Å². The summed E-state index contributed by atoms with van der Waals surface area (Å²) in [6, 6.07) is 11.1. The number of methoxy groups -OCH3 is 1. The van der Waals surface area contributed by atoms with Gasteiger partial charge in [0.25, 0.3) is 5.91 Å². The lowest BCUT2D eigenvalue weighted by atomic mass is 10.2. The minimum atomic E-state index is -0.0732. The molecule has 0 aliphatic heterocycles. The molecule has 1 heterocycles. The summed E-state index contributed by atoms with van der Waals surface area (Å²) in [4.78, 5) is 21.8. The molecular weight excluding hydrogens is 497 g/mol. The molecule has 0 radical (unpaired) electrons. The summed E-state index contributed by atoms with van der Waals surface area (Å²) in [7, 11) is 5.56. The molecule has 1 aromatic heterocycles. The van der Waals surface area contributed by atoms with E-state index < -0.39 is 0 Å². The van der Waals surface area contributed by atoms with Crippen LogP contribution < -0.4 is 9.64 Å². The number of amides is 1. The van der Waals surface area contributed by atoms with Gasteiger partial charge >= 0.3 is 0 Å². The van der Waals surface area contributed by atoms with Gasteiger partial charge in [0.2, 0.25) is 0 Å². The fourth-order valence-corrected chi connectivity index (χ4v) is 4.48. The number of ether oxygens (including phenoxy) is 1. The van der Waals surface area contributed by atoms with Crippen molar-refractivity contribution in [2.45, 2.75) is 0 Å². The van der Waals surface area contributed by atoms with E-state index in [2.05, 4.69) is 22.6 Å². The van der Waals surface area contributed by atoms with Crippen LogP contribution in [0.25, 0.3) is 10.2 Å². The molecule has 0 atom stereocenters. The van der Waals surface area contributed by atoms with Gasteiger partial charge in [-0.2, -0.15) is 0 Å². The average Bonchev–Trinajstić information content (AvgIpc) is 3.08. The number of hydrogen-bond acceptors (Lipinski definition) is 5. The lowest BCUT2D eigenvalue weighted by Gasteiger charge is -2.22. The van der Waals surface area contributed by atoms with Gasteiger partial charge in [-0.15, -0.1) is 0 Å². The quantitative estimate of drug-likeness (QED) is 0.444. The van der Waals surface area contributed by atoms with Crippen LogP contribution in [-0.4, -0.2) is 50.1 Å². The summed E-state index contributed by atoms with van der Waals surface area (Å²) < 4.78 is 7.14. The van der Waals surface area contributed by atoms with Crippen LogP contribution in [0.1, 0.15) is 10.4 Å². The van der Waals surface area contributed by atoms with Crippen molar-refractivity contribution < 1.29 is 9.53 Å². The Kier molecular flexibility index (Phi) is 6.56. The van der Waals surface area contributed by atoms with Crippen molar-refractivity contribution in [1.82, 2.24) is 9.88 Å². The highest BCUT2D eigenvalue weighted by Crippen LogP contribution is 2.39. The number of likely N-dealkylation sites (N-methyl/N-ethyl adjacent to an activating group) is 1. The largest absolute Gasteiger partial charge is 0.494 e. The van der Waals surface area contributed by atoms with E-state index >= 15 is 0 Å². The Hall–Kier alpha value is -1.42. The second-order valence-corrected chi connectivity index (χ2v) is 8.71. The van der Waals surface area contributed by atoms with Crippen molar-refractivity contribution in [2.75, 3.05) is 39.2 Å². The molecule has 0 saturated heterocycles.